The Morgan fingerprint density at radius 3 is 1.78 bits per heavy atom. The van der Waals surface area contributed by atoms with Crippen LogP contribution in [0.5, 0.6) is 11.5 Å². The van der Waals surface area contributed by atoms with Crippen molar-refractivity contribution in [3.63, 3.8) is 0 Å². The molecule has 0 bridgehead atoms. The van der Waals surface area contributed by atoms with E-state index in [1.165, 1.54) is 0 Å². The van der Waals surface area contributed by atoms with Gasteiger partial charge in [-0.15, -0.1) is 0 Å². The molecule has 0 aliphatic rings. The van der Waals surface area contributed by atoms with E-state index in [2.05, 4.69) is 15.3 Å². The Morgan fingerprint density at radius 2 is 1.22 bits per heavy atom. The number of halogens is 2. The largest absolute Gasteiger partial charge is 0.497 e. The minimum Gasteiger partial charge on any atom is -0.497 e. The number of nitrogens with one attached hydrogen (secondary N) is 1. The van der Waals surface area contributed by atoms with Crippen molar-refractivity contribution in [1.82, 2.24) is 9.97 Å². The van der Waals surface area contributed by atoms with E-state index in [1.54, 1.807) is 61.8 Å². The van der Waals surface area contributed by atoms with Crippen molar-refractivity contribution in [3.8, 4) is 11.5 Å². The Balaban J connectivity index is 0.000000182. The average Bonchev–Trinajstić information content (AvgIpc) is 3.11. The van der Waals surface area contributed by atoms with Gasteiger partial charge in [0.25, 0.3) is 11.8 Å². The van der Waals surface area contributed by atoms with Crippen LogP contribution in [0.15, 0.2) is 109 Å². The second kappa shape index (κ2) is 14.7. The SMILES string of the molecule is CCN(C(=O)c1ccccc1)c1cnc(Cl)c2ccc(OC)cc12.COc1ccc2c(Cl)ncc(NC(=O)c3ccccc3)c2c1. The van der Waals surface area contributed by atoms with Crippen LogP contribution in [0.1, 0.15) is 27.6 Å². The van der Waals surface area contributed by atoms with Crippen LogP contribution < -0.4 is 19.7 Å². The molecule has 0 atom stereocenters. The van der Waals surface area contributed by atoms with Gasteiger partial charge in [0.1, 0.15) is 21.8 Å². The minimum atomic E-state index is -0.200. The summed E-state index contributed by atoms with van der Waals surface area (Å²) in [6.07, 6.45) is 3.18. The lowest BCUT2D eigenvalue weighted by Crippen LogP contribution is -2.30. The van der Waals surface area contributed by atoms with E-state index in [1.807, 2.05) is 73.7 Å². The van der Waals surface area contributed by atoms with Gasteiger partial charge in [-0.05, 0) is 67.6 Å². The molecule has 8 nitrogen and oxygen atoms in total. The quantitative estimate of drug-likeness (QED) is 0.173. The van der Waals surface area contributed by atoms with Gasteiger partial charge < -0.3 is 19.7 Å². The van der Waals surface area contributed by atoms with E-state index >= 15 is 0 Å². The maximum atomic E-state index is 12.9. The molecule has 2 heterocycles. The number of pyridine rings is 2. The first-order valence-electron chi connectivity index (χ1n) is 14.3. The van der Waals surface area contributed by atoms with Crippen LogP contribution in [-0.2, 0) is 0 Å². The van der Waals surface area contributed by atoms with E-state index in [0.29, 0.717) is 50.9 Å². The van der Waals surface area contributed by atoms with Crippen LogP contribution in [-0.4, -0.2) is 42.5 Å². The van der Waals surface area contributed by atoms with Crippen LogP contribution in [0.3, 0.4) is 0 Å². The summed E-state index contributed by atoms with van der Waals surface area (Å²) in [5.74, 6) is 1.11. The van der Waals surface area contributed by atoms with Gasteiger partial charge in [-0.3, -0.25) is 9.59 Å². The summed E-state index contributed by atoms with van der Waals surface area (Å²) >= 11 is 12.3. The molecule has 1 N–H and O–H groups in total. The molecular weight excluding hydrogens is 623 g/mol. The lowest BCUT2D eigenvalue weighted by molar-refractivity contribution is 0.0986. The van der Waals surface area contributed by atoms with E-state index in [-0.39, 0.29) is 11.8 Å². The number of ether oxygens (including phenoxy) is 2. The van der Waals surface area contributed by atoms with Gasteiger partial charge in [-0.2, -0.15) is 0 Å². The summed E-state index contributed by atoms with van der Waals surface area (Å²) in [7, 11) is 3.20. The molecule has 2 aromatic heterocycles. The fraction of sp³-hybridized carbons (Fsp3) is 0.111. The molecule has 6 aromatic rings. The molecule has 0 aliphatic carbocycles. The number of carbonyl (C=O) groups excluding carboxylic acids is 2. The van der Waals surface area contributed by atoms with Gasteiger partial charge in [0.2, 0.25) is 0 Å². The smallest absolute Gasteiger partial charge is 0.258 e. The molecule has 0 radical (unpaired) electrons. The number of aromatic nitrogens is 2. The number of methoxy groups -OCH3 is 2. The third kappa shape index (κ3) is 7.04. The molecular formula is C36H30Cl2N4O4. The highest BCUT2D eigenvalue weighted by molar-refractivity contribution is 6.35. The first-order chi connectivity index (χ1) is 22.3. The third-order valence-electron chi connectivity index (χ3n) is 7.23. The molecule has 10 heteroatoms. The van der Waals surface area contributed by atoms with E-state index < -0.39 is 0 Å². The topological polar surface area (TPSA) is 93.7 Å². The normalized spacial score (nSPS) is 10.5. The molecule has 0 saturated carbocycles. The molecule has 2 amide bonds. The zero-order chi connectivity index (χ0) is 32.6. The van der Waals surface area contributed by atoms with Crippen molar-refractivity contribution >= 4 is 67.9 Å². The Morgan fingerprint density at radius 1 is 0.696 bits per heavy atom. The summed E-state index contributed by atoms with van der Waals surface area (Å²) in [6.45, 7) is 2.45. The van der Waals surface area contributed by atoms with E-state index in [4.69, 9.17) is 32.7 Å². The van der Waals surface area contributed by atoms with Crippen molar-refractivity contribution in [3.05, 3.63) is 131 Å². The number of hydrogen-bond donors (Lipinski definition) is 1. The number of benzene rings is 4. The molecule has 0 spiro atoms. The van der Waals surface area contributed by atoms with Gasteiger partial charge in [-0.1, -0.05) is 59.6 Å². The van der Waals surface area contributed by atoms with Crippen molar-refractivity contribution < 1.29 is 19.1 Å². The van der Waals surface area contributed by atoms with Crippen LogP contribution in [0.4, 0.5) is 11.4 Å². The fourth-order valence-corrected chi connectivity index (χ4v) is 5.30. The molecule has 6 rings (SSSR count). The lowest BCUT2D eigenvalue weighted by Gasteiger charge is -2.23. The molecule has 0 unspecified atom stereocenters. The Hall–Kier alpha value is -5.18. The third-order valence-corrected chi connectivity index (χ3v) is 7.83. The van der Waals surface area contributed by atoms with Crippen LogP contribution in [0.25, 0.3) is 21.5 Å². The van der Waals surface area contributed by atoms with E-state index in [9.17, 15) is 9.59 Å². The monoisotopic (exact) mass is 652 g/mol. The van der Waals surface area contributed by atoms with Crippen molar-refractivity contribution in [1.29, 1.82) is 0 Å². The highest BCUT2D eigenvalue weighted by atomic mass is 35.5. The standard InChI is InChI=1S/C19H17ClN2O2.C17H13ClN2O2/c1-3-22(19(23)13-7-5-4-6-8-13)17-12-21-18(20)15-10-9-14(24-2)11-16(15)17;1-22-12-7-8-13-14(9-12)15(10-19-16(13)18)20-17(21)11-5-3-2-4-6-11/h4-12H,3H2,1-2H3;2-10H,1H3,(H,20,21). The van der Waals surface area contributed by atoms with Crippen molar-refractivity contribution in [2.45, 2.75) is 6.92 Å². The second-order valence-electron chi connectivity index (χ2n) is 9.96. The number of rotatable bonds is 7. The molecule has 46 heavy (non-hydrogen) atoms. The van der Waals surface area contributed by atoms with Crippen molar-refractivity contribution in [2.24, 2.45) is 0 Å². The summed E-state index contributed by atoms with van der Waals surface area (Å²) in [5, 5.41) is 6.81. The van der Waals surface area contributed by atoms with Gasteiger partial charge in [0, 0.05) is 39.2 Å². The summed E-state index contributed by atoms with van der Waals surface area (Å²) in [4.78, 5) is 35.2. The second-order valence-corrected chi connectivity index (χ2v) is 10.7. The van der Waals surface area contributed by atoms with Gasteiger partial charge in [0.15, 0.2) is 0 Å². The molecule has 0 aliphatic heterocycles. The highest BCUT2D eigenvalue weighted by Crippen LogP contribution is 2.34. The Labute approximate surface area is 276 Å². The first-order valence-corrected chi connectivity index (χ1v) is 15.1. The minimum absolute atomic E-state index is 0.0775. The number of anilines is 2. The highest BCUT2D eigenvalue weighted by Gasteiger charge is 2.20. The van der Waals surface area contributed by atoms with Gasteiger partial charge >= 0.3 is 0 Å². The summed E-state index contributed by atoms with van der Waals surface area (Å²) < 4.78 is 10.5. The predicted molar refractivity (Wildman–Crippen MR) is 185 cm³/mol. The van der Waals surface area contributed by atoms with Crippen LogP contribution in [0, 0.1) is 0 Å². The zero-order valence-electron chi connectivity index (χ0n) is 25.3. The molecule has 4 aromatic carbocycles. The Kier molecular flexibility index (Phi) is 10.3. The number of fused-ring (bicyclic) bond motifs is 2. The number of hydrogen-bond acceptors (Lipinski definition) is 6. The van der Waals surface area contributed by atoms with Gasteiger partial charge in [-0.25, -0.2) is 9.97 Å². The van der Waals surface area contributed by atoms with Gasteiger partial charge in [0.05, 0.1) is 38.0 Å². The van der Waals surface area contributed by atoms with Crippen molar-refractivity contribution in [2.75, 3.05) is 31.0 Å². The summed E-state index contributed by atoms with van der Waals surface area (Å²) in [5.41, 5.74) is 2.51. The maximum Gasteiger partial charge on any atom is 0.258 e. The first kappa shape index (κ1) is 32.2. The zero-order valence-corrected chi connectivity index (χ0v) is 26.8. The maximum absolute atomic E-state index is 12.9. The molecule has 0 saturated heterocycles. The fourth-order valence-electron chi connectivity index (χ4n) is 4.87. The number of carbonyl (C=O) groups is 2. The van der Waals surface area contributed by atoms with E-state index in [0.717, 1.165) is 21.5 Å². The van der Waals surface area contributed by atoms with Crippen LogP contribution in [0.2, 0.25) is 10.3 Å². The lowest BCUT2D eigenvalue weighted by atomic mass is 10.1. The number of nitrogens with zero attached hydrogens (tertiary/aromatic N) is 3. The average molecular weight is 654 g/mol. The molecule has 0 fully saturated rings. The van der Waals surface area contributed by atoms with Crippen LogP contribution >= 0.6 is 23.2 Å². The number of amides is 2. The summed E-state index contributed by atoms with van der Waals surface area (Å²) in [6, 6.07) is 29.2. The molecule has 232 valence electrons. The predicted octanol–water partition coefficient (Wildman–Crippen LogP) is 8.71. The Bertz CT molecular complexity index is 2010.